The minimum atomic E-state index is 0.618. The maximum absolute atomic E-state index is 3.43. The second-order valence-electron chi connectivity index (χ2n) is 1.90. The van der Waals surface area contributed by atoms with Crippen LogP contribution in [0.25, 0.3) is 0 Å². The van der Waals surface area contributed by atoms with Crippen LogP contribution in [-0.2, 0) is 0 Å². The first-order valence-electron chi connectivity index (χ1n) is 2.60. The van der Waals surface area contributed by atoms with E-state index in [0.717, 1.165) is 5.33 Å². The molecule has 2 heteroatoms. The first kappa shape index (κ1) is 8.70. The monoisotopic (exact) mass is 240 g/mol. The lowest BCUT2D eigenvalue weighted by molar-refractivity contribution is 0.819. The Hall–Kier alpha value is 0.700. The lowest BCUT2D eigenvalue weighted by atomic mass is 10.2. The van der Waals surface area contributed by atoms with E-state index in [0.29, 0.717) is 5.92 Å². The quantitative estimate of drug-likeness (QED) is 0.651. The minimum absolute atomic E-state index is 0.618. The topological polar surface area (TPSA) is 0 Å². The van der Waals surface area contributed by atoms with Crippen molar-refractivity contribution in [2.24, 2.45) is 5.92 Å². The van der Waals surface area contributed by atoms with Gasteiger partial charge in [0.1, 0.15) is 0 Å². The molecule has 0 unspecified atom stereocenters. The molecule has 0 amide bonds. The van der Waals surface area contributed by atoms with E-state index in [9.17, 15) is 0 Å². The Balaban J connectivity index is 3.61. The Morgan fingerprint density at radius 1 is 1.62 bits per heavy atom. The minimum Gasteiger partial charge on any atom is -0.0883 e. The van der Waals surface area contributed by atoms with E-state index >= 15 is 0 Å². The van der Waals surface area contributed by atoms with E-state index in [1.54, 1.807) is 0 Å². The van der Waals surface area contributed by atoms with E-state index in [-0.39, 0.29) is 0 Å². The number of hydrogen-bond acceptors (Lipinski definition) is 0. The second kappa shape index (κ2) is 4.57. The molecule has 0 saturated carbocycles. The molecule has 0 radical (unpaired) electrons. The number of alkyl halides is 1. The maximum Gasteiger partial charge on any atom is 0.0222 e. The summed E-state index contributed by atoms with van der Waals surface area (Å²) < 4.78 is 1.27. The van der Waals surface area contributed by atoms with E-state index in [1.165, 1.54) is 4.48 Å². The van der Waals surface area contributed by atoms with Crippen LogP contribution in [0.4, 0.5) is 0 Å². The zero-order chi connectivity index (χ0) is 6.57. The number of halogens is 2. The molecule has 48 valence electrons. The third kappa shape index (κ3) is 3.67. The zero-order valence-electron chi connectivity index (χ0n) is 5.12. The van der Waals surface area contributed by atoms with Crippen LogP contribution in [-0.4, -0.2) is 5.33 Å². The normalized spacial score (nSPS) is 12.9. The predicted molar refractivity (Wildman–Crippen MR) is 45.6 cm³/mol. The molecule has 0 aromatic carbocycles. The summed E-state index contributed by atoms with van der Waals surface area (Å²) >= 11 is 6.75. The van der Waals surface area contributed by atoms with Gasteiger partial charge in [0.2, 0.25) is 0 Å². The van der Waals surface area contributed by atoms with Crippen molar-refractivity contribution in [3.63, 3.8) is 0 Å². The summed E-state index contributed by atoms with van der Waals surface area (Å²) in [5.74, 6) is 0.618. The standard InChI is InChI=1S/C6H10Br2/c1-5(2)6(8)3-4-7/h3,5H,4H2,1-2H3/b6-3-. The highest BCUT2D eigenvalue weighted by molar-refractivity contribution is 9.12. The van der Waals surface area contributed by atoms with Gasteiger partial charge in [-0.1, -0.05) is 51.8 Å². The summed E-state index contributed by atoms with van der Waals surface area (Å²) in [7, 11) is 0. The van der Waals surface area contributed by atoms with Gasteiger partial charge in [-0.25, -0.2) is 0 Å². The molecule has 0 aromatic heterocycles. The third-order valence-electron chi connectivity index (χ3n) is 0.824. The smallest absolute Gasteiger partial charge is 0.0222 e. The van der Waals surface area contributed by atoms with Gasteiger partial charge in [0.05, 0.1) is 0 Å². The van der Waals surface area contributed by atoms with Crippen LogP contribution in [0.1, 0.15) is 13.8 Å². The summed E-state index contributed by atoms with van der Waals surface area (Å²) in [6.45, 7) is 4.31. The molecule has 0 atom stereocenters. The maximum atomic E-state index is 3.43. The molecule has 0 aliphatic heterocycles. The van der Waals surface area contributed by atoms with Gasteiger partial charge in [-0.15, -0.1) is 0 Å². The van der Waals surface area contributed by atoms with Crippen molar-refractivity contribution >= 4 is 31.9 Å². The van der Waals surface area contributed by atoms with Gasteiger partial charge in [-0.3, -0.25) is 0 Å². The summed E-state index contributed by atoms with van der Waals surface area (Å²) in [6.07, 6.45) is 2.12. The van der Waals surface area contributed by atoms with Gasteiger partial charge in [0, 0.05) is 5.33 Å². The first-order valence-corrected chi connectivity index (χ1v) is 4.51. The van der Waals surface area contributed by atoms with Crippen molar-refractivity contribution in [1.29, 1.82) is 0 Å². The Kier molecular flexibility index (Phi) is 4.97. The summed E-state index contributed by atoms with van der Waals surface area (Å²) in [4.78, 5) is 0. The summed E-state index contributed by atoms with van der Waals surface area (Å²) in [5, 5.41) is 0.936. The lowest BCUT2D eigenvalue weighted by Crippen LogP contribution is -1.84. The van der Waals surface area contributed by atoms with Crippen molar-refractivity contribution in [1.82, 2.24) is 0 Å². The van der Waals surface area contributed by atoms with Crippen LogP contribution in [0.5, 0.6) is 0 Å². The van der Waals surface area contributed by atoms with E-state index < -0.39 is 0 Å². The number of allylic oxidation sites excluding steroid dienone is 2. The summed E-state index contributed by atoms with van der Waals surface area (Å²) in [6, 6.07) is 0. The predicted octanol–water partition coefficient (Wildman–Crippen LogP) is 3.32. The molecule has 0 heterocycles. The van der Waals surface area contributed by atoms with Gasteiger partial charge < -0.3 is 0 Å². The van der Waals surface area contributed by atoms with Crippen LogP contribution in [0, 0.1) is 5.92 Å². The summed E-state index contributed by atoms with van der Waals surface area (Å²) in [5.41, 5.74) is 0. The van der Waals surface area contributed by atoms with Crippen LogP contribution in [0.15, 0.2) is 10.6 Å². The molecular weight excluding hydrogens is 232 g/mol. The SMILES string of the molecule is CC(C)/C(Br)=C/CBr. The fourth-order valence-electron chi connectivity index (χ4n) is 0.309. The Morgan fingerprint density at radius 3 is 2.25 bits per heavy atom. The molecule has 0 N–H and O–H groups in total. The number of hydrogen-bond donors (Lipinski definition) is 0. The second-order valence-corrected chi connectivity index (χ2v) is 3.46. The van der Waals surface area contributed by atoms with E-state index in [1.807, 2.05) is 0 Å². The van der Waals surface area contributed by atoms with Crippen molar-refractivity contribution < 1.29 is 0 Å². The molecule has 0 fully saturated rings. The van der Waals surface area contributed by atoms with Gasteiger partial charge >= 0.3 is 0 Å². The fraction of sp³-hybridized carbons (Fsp3) is 0.667. The largest absolute Gasteiger partial charge is 0.0883 e. The van der Waals surface area contributed by atoms with Crippen LogP contribution in [0.3, 0.4) is 0 Å². The number of rotatable bonds is 2. The van der Waals surface area contributed by atoms with Crippen molar-refractivity contribution in [2.75, 3.05) is 5.33 Å². The average molecular weight is 242 g/mol. The molecule has 0 bridgehead atoms. The highest BCUT2D eigenvalue weighted by Gasteiger charge is 1.94. The zero-order valence-corrected chi connectivity index (χ0v) is 8.29. The molecule has 0 rings (SSSR count). The van der Waals surface area contributed by atoms with Crippen molar-refractivity contribution in [3.05, 3.63) is 10.6 Å². The molecule has 8 heavy (non-hydrogen) atoms. The van der Waals surface area contributed by atoms with E-state index in [2.05, 4.69) is 51.8 Å². The molecule has 0 aliphatic carbocycles. The highest BCUT2D eigenvalue weighted by Crippen LogP contribution is 2.16. The molecule has 0 nitrogen and oxygen atoms in total. The lowest BCUT2D eigenvalue weighted by Gasteiger charge is -1.99. The average Bonchev–Trinajstić information content (AvgIpc) is 1.67. The molecule has 0 aliphatic rings. The molecule has 0 spiro atoms. The van der Waals surface area contributed by atoms with Crippen LogP contribution >= 0.6 is 31.9 Å². The first-order chi connectivity index (χ1) is 3.68. The van der Waals surface area contributed by atoms with Gasteiger partial charge in [0.15, 0.2) is 0 Å². The van der Waals surface area contributed by atoms with E-state index in [4.69, 9.17) is 0 Å². The highest BCUT2D eigenvalue weighted by atomic mass is 79.9. The molecular formula is C6H10Br2. The van der Waals surface area contributed by atoms with Crippen LogP contribution in [0.2, 0.25) is 0 Å². The third-order valence-corrected chi connectivity index (χ3v) is 2.39. The van der Waals surface area contributed by atoms with Gasteiger partial charge in [-0.2, -0.15) is 0 Å². The molecule has 0 aromatic rings. The van der Waals surface area contributed by atoms with Gasteiger partial charge in [-0.05, 0) is 10.4 Å². The Morgan fingerprint density at radius 2 is 2.12 bits per heavy atom. The van der Waals surface area contributed by atoms with Crippen molar-refractivity contribution in [3.8, 4) is 0 Å². The fourth-order valence-corrected chi connectivity index (χ4v) is 1.25. The van der Waals surface area contributed by atoms with Crippen molar-refractivity contribution in [2.45, 2.75) is 13.8 Å². The Labute approximate surface area is 67.6 Å². The van der Waals surface area contributed by atoms with Crippen LogP contribution < -0.4 is 0 Å². The molecule has 0 saturated heterocycles. The Bertz CT molecular complexity index is 84.5. The van der Waals surface area contributed by atoms with Gasteiger partial charge in [0.25, 0.3) is 0 Å².